The zero-order valence-corrected chi connectivity index (χ0v) is 15.8. The van der Waals surface area contributed by atoms with Gasteiger partial charge in [-0.05, 0) is 37.2 Å². The molecular formula is C22H23N3O3. The second-order valence-corrected chi connectivity index (χ2v) is 7.74. The highest BCUT2D eigenvalue weighted by Gasteiger charge is 2.24. The summed E-state index contributed by atoms with van der Waals surface area (Å²) in [6, 6.07) is 9.46. The van der Waals surface area contributed by atoms with Gasteiger partial charge in [0.15, 0.2) is 5.78 Å². The number of nitrogens with zero attached hydrogens (tertiary/aromatic N) is 3. The van der Waals surface area contributed by atoms with Crippen molar-refractivity contribution in [2.75, 3.05) is 0 Å². The number of nitriles is 1. The molecule has 0 bridgehead atoms. The monoisotopic (exact) mass is 377 g/mol. The highest BCUT2D eigenvalue weighted by Crippen LogP contribution is 2.32. The first-order valence-electron chi connectivity index (χ1n) is 10.00. The normalized spacial score (nSPS) is 16.5. The standard InChI is InChI=1S/C22H23N3O3/c23-13-18-19-7-4-12-24(19)22(28)25(21(18)27)14-20(26)17-10-8-16(9-11-17)15-5-2-1-3-6-15/h8-11,15H,1-7,12,14H2. The fourth-order valence-electron chi connectivity index (χ4n) is 4.50. The maximum Gasteiger partial charge on any atom is 0.331 e. The summed E-state index contributed by atoms with van der Waals surface area (Å²) in [5, 5.41) is 9.34. The predicted octanol–water partition coefficient (Wildman–Crippen LogP) is 2.76. The van der Waals surface area contributed by atoms with Crippen molar-refractivity contribution in [1.29, 1.82) is 5.26 Å². The molecule has 6 nitrogen and oxygen atoms in total. The van der Waals surface area contributed by atoms with Crippen LogP contribution in [0.15, 0.2) is 33.9 Å². The molecule has 1 fully saturated rings. The van der Waals surface area contributed by atoms with Gasteiger partial charge in [0.25, 0.3) is 5.56 Å². The molecule has 1 aliphatic heterocycles. The Balaban J connectivity index is 1.60. The summed E-state index contributed by atoms with van der Waals surface area (Å²) in [7, 11) is 0. The van der Waals surface area contributed by atoms with Crippen molar-refractivity contribution in [2.24, 2.45) is 0 Å². The van der Waals surface area contributed by atoms with Crippen LogP contribution >= 0.6 is 0 Å². The fourth-order valence-corrected chi connectivity index (χ4v) is 4.50. The first kappa shape index (κ1) is 18.4. The minimum atomic E-state index is -0.659. The Morgan fingerprint density at radius 2 is 1.79 bits per heavy atom. The van der Waals surface area contributed by atoms with Crippen molar-refractivity contribution in [3.05, 3.63) is 67.5 Å². The lowest BCUT2D eigenvalue weighted by Gasteiger charge is -2.22. The van der Waals surface area contributed by atoms with Gasteiger partial charge in [0.2, 0.25) is 0 Å². The molecule has 0 N–H and O–H groups in total. The highest BCUT2D eigenvalue weighted by molar-refractivity contribution is 5.95. The highest BCUT2D eigenvalue weighted by atomic mass is 16.2. The molecule has 1 aromatic carbocycles. The number of fused-ring (bicyclic) bond motifs is 1. The predicted molar refractivity (Wildman–Crippen MR) is 105 cm³/mol. The number of hydrogen-bond acceptors (Lipinski definition) is 4. The molecule has 1 saturated carbocycles. The summed E-state index contributed by atoms with van der Waals surface area (Å²) >= 11 is 0. The zero-order chi connectivity index (χ0) is 19.7. The Bertz CT molecular complexity index is 1060. The van der Waals surface area contributed by atoms with Crippen LogP contribution in [0.5, 0.6) is 0 Å². The Morgan fingerprint density at radius 3 is 2.46 bits per heavy atom. The minimum Gasteiger partial charge on any atom is -0.296 e. The summed E-state index contributed by atoms with van der Waals surface area (Å²) in [5.74, 6) is 0.261. The van der Waals surface area contributed by atoms with Crippen LogP contribution in [0.4, 0.5) is 0 Å². The smallest absolute Gasteiger partial charge is 0.296 e. The maximum atomic E-state index is 12.7. The SMILES string of the molecule is N#Cc1c2n(c(=O)n(CC(=O)c3ccc(C4CCCCC4)cc3)c1=O)CCC2. The van der Waals surface area contributed by atoms with E-state index in [9.17, 15) is 19.6 Å². The number of Topliss-reactive ketones (excluding diaryl/α,β-unsaturated/α-hetero) is 1. The number of aromatic nitrogens is 2. The number of carbonyl (C=O) groups excluding carboxylic acids is 1. The second kappa shape index (κ2) is 7.59. The number of hydrogen-bond donors (Lipinski definition) is 0. The summed E-state index contributed by atoms with van der Waals surface area (Å²) < 4.78 is 2.37. The van der Waals surface area contributed by atoms with Crippen molar-refractivity contribution >= 4 is 5.78 Å². The van der Waals surface area contributed by atoms with Crippen LogP contribution < -0.4 is 11.2 Å². The van der Waals surface area contributed by atoms with Crippen LogP contribution in [0.3, 0.4) is 0 Å². The van der Waals surface area contributed by atoms with Gasteiger partial charge < -0.3 is 0 Å². The molecule has 0 saturated heterocycles. The van der Waals surface area contributed by atoms with Crippen molar-refractivity contribution in [3.8, 4) is 6.07 Å². The fraction of sp³-hybridized carbons (Fsp3) is 0.455. The number of benzene rings is 1. The van der Waals surface area contributed by atoms with E-state index in [1.54, 1.807) is 12.1 Å². The number of ketones is 1. The van der Waals surface area contributed by atoms with Crippen LogP contribution in [0.1, 0.15) is 71.6 Å². The van der Waals surface area contributed by atoms with Crippen LogP contribution in [0, 0.1) is 11.3 Å². The van der Waals surface area contributed by atoms with Crippen molar-refractivity contribution in [2.45, 2.75) is 64.0 Å². The minimum absolute atomic E-state index is 0.0162. The Kier molecular flexibility index (Phi) is 4.99. The van der Waals surface area contributed by atoms with E-state index in [-0.39, 0.29) is 17.9 Å². The van der Waals surface area contributed by atoms with E-state index >= 15 is 0 Å². The molecule has 0 atom stereocenters. The molecule has 1 aromatic heterocycles. The average molecular weight is 377 g/mol. The third-order valence-electron chi connectivity index (χ3n) is 6.05. The molecule has 28 heavy (non-hydrogen) atoms. The lowest BCUT2D eigenvalue weighted by Crippen LogP contribution is -2.43. The van der Waals surface area contributed by atoms with Gasteiger partial charge in [-0.1, -0.05) is 43.5 Å². The van der Waals surface area contributed by atoms with Gasteiger partial charge in [-0.25, -0.2) is 4.79 Å². The zero-order valence-electron chi connectivity index (χ0n) is 15.8. The quantitative estimate of drug-likeness (QED) is 0.767. The van der Waals surface area contributed by atoms with Crippen LogP contribution in [-0.4, -0.2) is 14.9 Å². The van der Waals surface area contributed by atoms with Gasteiger partial charge in [-0.2, -0.15) is 5.26 Å². The lowest BCUT2D eigenvalue weighted by atomic mass is 9.84. The molecule has 2 aliphatic rings. The topological polar surface area (TPSA) is 84.9 Å². The molecule has 144 valence electrons. The van der Waals surface area contributed by atoms with Crippen molar-refractivity contribution < 1.29 is 4.79 Å². The van der Waals surface area contributed by atoms with Crippen LogP contribution in [0.2, 0.25) is 0 Å². The van der Waals surface area contributed by atoms with Crippen molar-refractivity contribution in [3.63, 3.8) is 0 Å². The van der Waals surface area contributed by atoms with Gasteiger partial charge in [0.05, 0.1) is 6.54 Å². The van der Waals surface area contributed by atoms with E-state index in [0.717, 1.165) is 11.0 Å². The average Bonchev–Trinajstić information content (AvgIpc) is 3.22. The van der Waals surface area contributed by atoms with Gasteiger partial charge in [0, 0.05) is 17.8 Å². The Morgan fingerprint density at radius 1 is 1.07 bits per heavy atom. The molecule has 0 amide bonds. The third-order valence-corrected chi connectivity index (χ3v) is 6.05. The molecule has 2 heterocycles. The van der Waals surface area contributed by atoms with Gasteiger partial charge in [-0.15, -0.1) is 0 Å². The first-order valence-corrected chi connectivity index (χ1v) is 10.00. The Labute approximate surface area is 163 Å². The van der Waals surface area contributed by atoms with E-state index in [0.29, 0.717) is 30.1 Å². The maximum absolute atomic E-state index is 12.7. The molecule has 0 unspecified atom stereocenters. The van der Waals surface area contributed by atoms with E-state index in [1.165, 1.54) is 42.2 Å². The second-order valence-electron chi connectivity index (χ2n) is 7.74. The summed E-state index contributed by atoms with van der Waals surface area (Å²) in [6.07, 6.45) is 7.43. The molecule has 1 aliphatic carbocycles. The lowest BCUT2D eigenvalue weighted by molar-refractivity contribution is 0.0968. The molecule has 2 aromatic rings. The van der Waals surface area contributed by atoms with E-state index in [1.807, 2.05) is 18.2 Å². The summed E-state index contributed by atoms with van der Waals surface area (Å²) in [4.78, 5) is 37.9. The molecule has 0 radical (unpaired) electrons. The largest absolute Gasteiger partial charge is 0.331 e. The van der Waals surface area contributed by atoms with Gasteiger partial charge >= 0.3 is 5.69 Å². The van der Waals surface area contributed by atoms with Gasteiger partial charge in [0.1, 0.15) is 11.6 Å². The number of carbonyl (C=O) groups is 1. The summed E-state index contributed by atoms with van der Waals surface area (Å²) in [6.45, 7) is 0.142. The first-order chi connectivity index (χ1) is 13.6. The number of rotatable bonds is 4. The molecular weight excluding hydrogens is 354 g/mol. The van der Waals surface area contributed by atoms with Crippen LogP contribution in [0.25, 0.3) is 0 Å². The third kappa shape index (κ3) is 3.22. The van der Waals surface area contributed by atoms with Gasteiger partial charge in [-0.3, -0.25) is 18.7 Å². The van der Waals surface area contributed by atoms with E-state index < -0.39 is 11.2 Å². The van der Waals surface area contributed by atoms with Crippen LogP contribution in [-0.2, 0) is 19.5 Å². The molecule has 6 heteroatoms. The molecule has 0 spiro atoms. The Hall–Kier alpha value is -2.94. The summed E-state index contributed by atoms with van der Waals surface area (Å²) in [5.41, 5.74) is 1.06. The van der Waals surface area contributed by atoms with E-state index in [4.69, 9.17) is 0 Å². The van der Waals surface area contributed by atoms with Crippen molar-refractivity contribution in [1.82, 2.24) is 9.13 Å². The molecule has 4 rings (SSSR count). The van der Waals surface area contributed by atoms with E-state index in [2.05, 4.69) is 0 Å².